The lowest BCUT2D eigenvalue weighted by Crippen LogP contribution is -2.30. The molecule has 10 heteroatoms. The molecule has 0 aliphatic carbocycles. The van der Waals surface area contributed by atoms with Crippen molar-refractivity contribution >= 4 is 61.5 Å². The fraction of sp³-hybridized carbons (Fsp3) is 0.125. The number of nitro groups is 1. The van der Waals surface area contributed by atoms with Crippen LogP contribution in [0, 0.1) is 10.1 Å². The smallest absolute Gasteiger partial charge is 0.270 e. The maximum Gasteiger partial charge on any atom is 0.270 e. The number of hydrogen-bond donors (Lipinski definition) is 1. The molecule has 0 aliphatic heterocycles. The minimum atomic E-state index is -0.838. The number of nitrogens with one attached hydrogen (secondary N) is 1. The number of rotatable bonds is 5. The van der Waals surface area contributed by atoms with Gasteiger partial charge in [-0.3, -0.25) is 20.2 Å². The maximum absolute atomic E-state index is 12.3. The van der Waals surface area contributed by atoms with Crippen LogP contribution in [0.25, 0.3) is 10.2 Å². The molecule has 1 N–H and O–H groups in total. The van der Waals surface area contributed by atoms with Gasteiger partial charge >= 0.3 is 0 Å². The van der Waals surface area contributed by atoms with Gasteiger partial charge in [0.2, 0.25) is 0 Å². The summed E-state index contributed by atoms with van der Waals surface area (Å²) in [6, 6.07) is 9.01. The third kappa shape index (κ3) is 4.04. The van der Waals surface area contributed by atoms with Crippen molar-refractivity contribution in [3.8, 4) is 5.75 Å². The Morgan fingerprint density at radius 2 is 2.08 bits per heavy atom. The molecule has 1 aromatic heterocycles. The third-order valence-electron chi connectivity index (χ3n) is 3.38. The summed E-state index contributed by atoms with van der Waals surface area (Å²) in [5, 5.41) is 14.5. The maximum atomic E-state index is 12.3. The lowest BCUT2D eigenvalue weighted by Gasteiger charge is -2.14. The molecule has 0 saturated heterocycles. The quantitative estimate of drug-likeness (QED) is 0.474. The molecule has 1 heterocycles. The number of halogens is 2. The summed E-state index contributed by atoms with van der Waals surface area (Å²) in [5.74, 6) is -0.0942. The Bertz CT molecular complexity index is 1010. The van der Waals surface area contributed by atoms with Gasteiger partial charge in [0, 0.05) is 17.2 Å². The van der Waals surface area contributed by atoms with Crippen molar-refractivity contribution in [1.29, 1.82) is 0 Å². The van der Waals surface area contributed by atoms with Crippen LogP contribution in [-0.2, 0) is 4.79 Å². The molecular weight excluding hydrogens is 401 g/mol. The zero-order valence-corrected chi connectivity index (χ0v) is 15.6. The number of benzene rings is 2. The van der Waals surface area contributed by atoms with Gasteiger partial charge < -0.3 is 4.74 Å². The summed E-state index contributed by atoms with van der Waals surface area (Å²) in [4.78, 5) is 26.9. The molecule has 134 valence electrons. The number of nitrogens with zero attached hydrogens (tertiary/aromatic N) is 2. The van der Waals surface area contributed by atoms with Gasteiger partial charge in [0.1, 0.15) is 5.75 Å². The first-order chi connectivity index (χ1) is 12.3. The molecular formula is C16H11Cl2N3O4S. The summed E-state index contributed by atoms with van der Waals surface area (Å²) < 4.78 is 6.14. The number of carbonyl (C=O) groups is 1. The molecule has 0 saturated carbocycles. The first-order valence-electron chi connectivity index (χ1n) is 7.31. The van der Waals surface area contributed by atoms with Crippen molar-refractivity contribution in [3.63, 3.8) is 0 Å². The van der Waals surface area contributed by atoms with E-state index in [9.17, 15) is 14.9 Å². The number of aromatic nitrogens is 1. The number of nitro benzene ring substituents is 1. The van der Waals surface area contributed by atoms with Gasteiger partial charge in [-0.25, -0.2) is 4.98 Å². The fourth-order valence-corrected chi connectivity index (χ4v) is 3.46. The monoisotopic (exact) mass is 411 g/mol. The van der Waals surface area contributed by atoms with E-state index in [-0.39, 0.29) is 5.69 Å². The molecule has 0 bridgehead atoms. The highest BCUT2D eigenvalue weighted by atomic mass is 35.5. The highest BCUT2D eigenvalue weighted by Crippen LogP contribution is 2.30. The molecule has 1 atom stereocenters. The van der Waals surface area contributed by atoms with E-state index in [4.69, 9.17) is 27.9 Å². The summed E-state index contributed by atoms with van der Waals surface area (Å²) in [7, 11) is 0. The van der Waals surface area contributed by atoms with Crippen molar-refractivity contribution in [2.45, 2.75) is 13.0 Å². The fourth-order valence-electron chi connectivity index (χ4n) is 2.10. The SMILES string of the molecule is C[C@H](Oc1ccc(Cl)cc1Cl)C(=O)Nc1nc2ccc([N+](=O)[O-])cc2s1. The molecule has 0 radical (unpaired) electrons. The predicted octanol–water partition coefficient (Wildman–Crippen LogP) is 4.92. The number of carbonyl (C=O) groups excluding carboxylic acids is 1. The standard InChI is InChI=1S/C16H11Cl2N3O4S/c1-8(25-13-5-2-9(17)6-11(13)18)15(22)20-16-19-12-4-3-10(21(23)24)7-14(12)26-16/h2-8H,1H3,(H,19,20,22)/t8-/m0/s1. The molecule has 26 heavy (non-hydrogen) atoms. The second-order valence-corrected chi connectivity index (χ2v) is 7.13. The van der Waals surface area contributed by atoms with E-state index < -0.39 is 16.9 Å². The van der Waals surface area contributed by atoms with Crippen LogP contribution in [0.5, 0.6) is 5.75 Å². The molecule has 3 rings (SSSR count). The van der Waals surface area contributed by atoms with Crippen LogP contribution >= 0.6 is 34.5 Å². The van der Waals surface area contributed by atoms with Crippen molar-refractivity contribution in [2.75, 3.05) is 5.32 Å². The summed E-state index contributed by atoms with van der Waals surface area (Å²) >= 11 is 13.0. The summed E-state index contributed by atoms with van der Waals surface area (Å²) in [6.07, 6.45) is -0.838. The van der Waals surface area contributed by atoms with E-state index >= 15 is 0 Å². The van der Waals surface area contributed by atoms with E-state index in [1.807, 2.05) is 0 Å². The Balaban J connectivity index is 1.72. The Morgan fingerprint density at radius 1 is 1.31 bits per heavy atom. The van der Waals surface area contributed by atoms with Gasteiger partial charge in [0.05, 0.1) is 20.2 Å². The largest absolute Gasteiger partial charge is 0.479 e. The molecule has 0 unspecified atom stereocenters. The van der Waals surface area contributed by atoms with Crippen molar-refractivity contribution in [3.05, 3.63) is 56.6 Å². The lowest BCUT2D eigenvalue weighted by molar-refractivity contribution is -0.384. The average molecular weight is 412 g/mol. The van der Waals surface area contributed by atoms with Crippen molar-refractivity contribution < 1.29 is 14.5 Å². The van der Waals surface area contributed by atoms with Crippen LogP contribution in [-0.4, -0.2) is 21.9 Å². The molecule has 7 nitrogen and oxygen atoms in total. The van der Waals surface area contributed by atoms with Gasteiger partial charge in [-0.05, 0) is 31.2 Å². The molecule has 0 fully saturated rings. The van der Waals surface area contributed by atoms with Crippen LogP contribution in [0.3, 0.4) is 0 Å². The second kappa shape index (κ2) is 7.45. The second-order valence-electron chi connectivity index (χ2n) is 5.25. The van der Waals surface area contributed by atoms with Gasteiger partial charge in [0.25, 0.3) is 11.6 Å². The third-order valence-corrected chi connectivity index (χ3v) is 4.84. The Morgan fingerprint density at radius 3 is 2.77 bits per heavy atom. The molecule has 0 aliphatic rings. The van der Waals surface area contributed by atoms with E-state index in [0.29, 0.717) is 31.1 Å². The predicted molar refractivity (Wildman–Crippen MR) is 101 cm³/mol. The highest BCUT2D eigenvalue weighted by Gasteiger charge is 2.18. The van der Waals surface area contributed by atoms with Crippen LogP contribution in [0.15, 0.2) is 36.4 Å². The van der Waals surface area contributed by atoms with E-state index in [1.165, 1.54) is 24.3 Å². The Hall–Kier alpha value is -2.42. The van der Waals surface area contributed by atoms with E-state index in [0.717, 1.165) is 11.3 Å². The zero-order chi connectivity index (χ0) is 18.8. The first kappa shape index (κ1) is 18.4. The summed E-state index contributed by atoms with van der Waals surface area (Å²) in [6.45, 7) is 1.57. The minimum Gasteiger partial charge on any atom is -0.479 e. The number of non-ortho nitro benzene ring substituents is 1. The van der Waals surface area contributed by atoms with E-state index in [2.05, 4.69) is 10.3 Å². The van der Waals surface area contributed by atoms with Gasteiger partial charge in [-0.2, -0.15) is 0 Å². The van der Waals surface area contributed by atoms with Gasteiger partial charge in [-0.1, -0.05) is 34.5 Å². The number of anilines is 1. The van der Waals surface area contributed by atoms with Crippen molar-refractivity contribution in [2.24, 2.45) is 0 Å². The number of hydrogen-bond acceptors (Lipinski definition) is 6. The van der Waals surface area contributed by atoms with Crippen LogP contribution in [0.1, 0.15) is 6.92 Å². The summed E-state index contributed by atoms with van der Waals surface area (Å²) in [5.41, 5.74) is 0.526. The lowest BCUT2D eigenvalue weighted by atomic mass is 10.3. The normalized spacial score (nSPS) is 12.0. The Kier molecular flexibility index (Phi) is 5.26. The molecule has 2 aromatic carbocycles. The molecule has 3 aromatic rings. The first-order valence-corrected chi connectivity index (χ1v) is 8.88. The minimum absolute atomic E-state index is 0.0342. The number of thiazole rings is 1. The van der Waals surface area contributed by atoms with E-state index in [1.54, 1.807) is 19.1 Å². The Labute approximate surface area is 161 Å². The number of ether oxygens (including phenoxy) is 1. The van der Waals surface area contributed by atoms with Crippen LogP contribution in [0.2, 0.25) is 10.0 Å². The average Bonchev–Trinajstić information content (AvgIpc) is 2.98. The molecule has 0 spiro atoms. The number of amides is 1. The number of fused-ring (bicyclic) bond motifs is 1. The zero-order valence-electron chi connectivity index (χ0n) is 13.2. The van der Waals surface area contributed by atoms with Crippen LogP contribution < -0.4 is 10.1 Å². The van der Waals surface area contributed by atoms with Gasteiger partial charge in [0.15, 0.2) is 11.2 Å². The molecule has 1 amide bonds. The van der Waals surface area contributed by atoms with Gasteiger partial charge in [-0.15, -0.1) is 0 Å². The van der Waals surface area contributed by atoms with Crippen LogP contribution in [0.4, 0.5) is 10.8 Å². The van der Waals surface area contributed by atoms with Crippen molar-refractivity contribution in [1.82, 2.24) is 4.98 Å². The topological polar surface area (TPSA) is 94.4 Å². The highest BCUT2D eigenvalue weighted by molar-refractivity contribution is 7.22.